The van der Waals surface area contributed by atoms with Gasteiger partial charge in [0.15, 0.2) is 0 Å². The summed E-state index contributed by atoms with van der Waals surface area (Å²) in [6.45, 7) is 1.43. The van der Waals surface area contributed by atoms with Gasteiger partial charge in [-0.25, -0.2) is 17.2 Å². The van der Waals surface area contributed by atoms with E-state index in [1.165, 1.54) is 25.2 Å². The van der Waals surface area contributed by atoms with Gasteiger partial charge in [-0.2, -0.15) is 4.31 Å². The summed E-state index contributed by atoms with van der Waals surface area (Å²) in [5, 5.41) is 10.2. The molecule has 1 N–H and O–H groups in total. The number of hydrogen-bond donors (Lipinski definition) is 1. The lowest BCUT2D eigenvalue weighted by atomic mass is 10.0. The van der Waals surface area contributed by atoms with E-state index in [2.05, 4.69) is 0 Å². The van der Waals surface area contributed by atoms with Gasteiger partial charge in [-0.15, -0.1) is 0 Å². The molecule has 0 amide bonds. The first-order valence-corrected chi connectivity index (χ1v) is 8.32. The first-order chi connectivity index (χ1) is 10.7. The molecule has 0 radical (unpaired) electrons. The summed E-state index contributed by atoms with van der Waals surface area (Å²) in [4.78, 5) is -0.0653. The van der Waals surface area contributed by atoms with E-state index in [-0.39, 0.29) is 11.4 Å². The van der Waals surface area contributed by atoms with Crippen molar-refractivity contribution in [1.29, 1.82) is 0 Å². The van der Waals surface area contributed by atoms with E-state index in [4.69, 9.17) is 0 Å². The number of hydrogen-bond acceptors (Lipinski definition) is 3. The SMILES string of the molecule is Cc1cc(F)ccc1C(O)CN(C)S(=O)(=O)c1ccc(F)cc1. The number of aliphatic hydroxyl groups is 1. The number of sulfonamides is 1. The molecule has 4 nitrogen and oxygen atoms in total. The zero-order valence-corrected chi connectivity index (χ0v) is 13.5. The van der Waals surface area contributed by atoms with Crippen LogP contribution >= 0.6 is 0 Å². The van der Waals surface area contributed by atoms with Crippen LogP contribution in [0.2, 0.25) is 0 Å². The predicted molar refractivity (Wildman–Crippen MR) is 82.3 cm³/mol. The Kier molecular flexibility index (Phi) is 5.13. The van der Waals surface area contributed by atoms with Crippen LogP contribution in [0, 0.1) is 18.6 Å². The van der Waals surface area contributed by atoms with E-state index in [1.54, 1.807) is 6.92 Å². The lowest BCUT2D eigenvalue weighted by Gasteiger charge is -2.22. The summed E-state index contributed by atoms with van der Waals surface area (Å²) in [6, 6.07) is 8.34. The van der Waals surface area contributed by atoms with Gasteiger partial charge in [-0.05, 0) is 54.4 Å². The van der Waals surface area contributed by atoms with Gasteiger partial charge >= 0.3 is 0 Å². The molecule has 2 rings (SSSR count). The Balaban J connectivity index is 2.20. The van der Waals surface area contributed by atoms with E-state index in [9.17, 15) is 22.3 Å². The maximum absolute atomic E-state index is 13.1. The van der Waals surface area contributed by atoms with Crippen LogP contribution in [0.15, 0.2) is 47.4 Å². The lowest BCUT2D eigenvalue weighted by molar-refractivity contribution is 0.154. The molecule has 0 aliphatic heterocycles. The monoisotopic (exact) mass is 341 g/mol. The van der Waals surface area contributed by atoms with Gasteiger partial charge in [0.2, 0.25) is 10.0 Å². The smallest absolute Gasteiger partial charge is 0.242 e. The Morgan fingerprint density at radius 2 is 1.65 bits per heavy atom. The van der Waals surface area contributed by atoms with Crippen molar-refractivity contribution in [3.8, 4) is 0 Å². The molecule has 0 aromatic heterocycles. The fraction of sp³-hybridized carbons (Fsp3) is 0.250. The molecule has 0 saturated heterocycles. The third-order valence-corrected chi connectivity index (χ3v) is 5.38. The number of likely N-dealkylation sites (N-methyl/N-ethyl adjacent to an activating group) is 1. The molecule has 2 aromatic rings. The number of nitrogens with zero attached hydrogens (tertiary/aromatic N) is 1. The third kappa shape index (κ3) is 3.93. The Morgan fingerprint density at radius 1 is 1.09 bits per heavy atom. The van der Waals surface area contributed by atoms with Crippen LogP contribution < -0.4 is 0 Å². The van der Waals surface area contributed by atoms with Crippen molar-refractivity contribution in [3.63, 3.8) is 0 Å². The summed E-state index contributed by atoms with van der Waals surface area (Å²) in [7, 11) is -2.53. The summed E-state index contributed by atoms with van der Waals surface area (Å²) in [6.07, 6.45) is -1.10. The van der Waals surface area contributed by atoms with E-state index >= 15 is 0 Å². The number of rotatable bonds is 5. The maximum atomic E-state index is 13.1. The van der Waals surface area contributed by atoms with Crippen LogP contribution in [0.25, 0.3) is 0 Å². The van der Waals surface area contributed by atoms with Crippen molar-refractivity contribution < 1.29 is 22.3 Å². The molecule has 0 heterocycles. The van der Waals surface area contributed by atoms with Gasteiger partial charge in [0.1, 0.15) is 11.6 Å². The van der Waals surface area contributed by atoms with Crippen LogP contribution in [0.1, 0.15) is 17.2 Å². The molecule has 0 aliphatic carbocycles. The Morgan fingerprint density at radius 3 is 2.22 bits per heavy atom. The summed E-state index contributed by atoms with van der Waals surface area (Å²) in [5.74, 6) is -0.959. The lowest BCUT2D eigenvalue weighted by Crippen LogP contribution is -2.31. The molecule has 1 unspecified atom stereocenters. The van der Waals surface area contributed by atoms with Crippen molar-refractivity contribution in [2.75, 3.05) is 13.6 Å². The number of aliphatic hydroxyl groups excluding tert-OH is 1. The Labute approximate surface area is 134 Å². The van der Waals surface area contributed by atoms with Crippen molar-refractivity contribution in [3.05, 3.63) is 65.2 Å². The van der Waals surface area contributed by atoms with Crippen LogP contribution in [0.4, 0.5) is 8.78 Å². The van der Waals surface area contributed by atoms with Crippen LogP contribution in [0.5, 0.6) is 0 Å². The van der Waals surface area contributed by atoms with E-state index in [0.29, 0.717) is 11.1 Å². The standard InChI is InChI=1S/C16H17F2NO3S/c1-11-9-13(18)5-8-15(11)16(20)10-19(2)23(21,22)14-6-3-12(17)4-7-14/h3-9,16,20H,10H2,1-2H3. The molecule has 0 aliphatic rings. The second-order valence-corrected chi connectivity index (χ2v) is 7.30. The Bertz CT molecular complexity index is 791. The maximum Gasteiger partial charge on any atom is 0.242 e. The molecule has 0 spiro atoms. The number of halogens is 2. The summed E-state index contributed by atoms with van der Waals surface area (Å²) < 4.78 is 51.7. The second-order valence-electron chi connectivity index (χ2n) is 5.26. The highest BCUT2D eigenvalue weighted by Crippen LogP contribution is 2.22. The topological polar surface area (TPSA) is 57.6 Å². The molecule has 124 valence electrons. The molecule has 23 heavy (non-hydrogen) atoms. The fourth-order valence-corrected chi connectivity index (χ4v) is 3.42. The molecule has 0 fully saturated rings. The third-order valence-electron chi connectivity index (χ3n) is 3.54. The summed E-state index contributed by atoms with van der Waals surface area (Å²) in [5.41, 5.74) is 0.984. The highest BCUT2D eigenvalue weighted by Gasteiger charge is 2.24. The number of aryl methyl sites for hydroxylation is 1. The average Bonchev–Trinajstić information content (AvgIpc) is 2.47. The molecule has 0 bridgehead atoms. The second kappa shape index (κ2) is 6.74. The van der Waals surface area contributed by atoms with E-state index in [0.717, 1.165) is 28.6 Å². The number of benzene rings is 2. The normalized spacial score (nSPS) is 13.3. The zero-order valence-electron chi connectivity index (χ0n) is 12.7. The quantitative estimate of drug-likeness (QED) is 0.909. The largest absolute Gasteiger partial charge is 0.387 e. The van der Waals surface area contributed by atoms with Crippen LogP contribution in [0.3, 0.4) is 0 Å². The first-order valence-electron chi connectivity index (χ1n) is 6.88. The van der Waals surface area contributed by atoms with Crippen molar-refractivity contribution in [2.24, 2.45) is 0 Å². The molecular formula is C16H17F2NO3S. The molecular weight excluding hydrogens is 324 g/mol. The van der Waals surface area contributed by atoms with Gasteiger partial charge in [0.05, 0.1) is 11.0 Å². The van der Waals surface area contributed by atoms with Crippen molar-refractivity contribution >= 4 is 10.0 Å². The molecule has 2 aromatic carbocycles. The molecule has 7 heteroatoms. The van der Waals surface area contributed by atoms with Crippen molar-refractivity contribution in [1.82, 2.24) is 4.31 Å². The average molecular weight is 341 g/mol. The zero-order chi connectivity index (χ0) is 17.2. The highest BCUT2D eigenvalue weighted by atomic mass is 32.2. The van der Waals surface area contributed by atoms with Crippen LogP contribution in [-0.2, 0) is 10.0 Å². The molecule has 1 atom stereocenters. The van der Waals surface area contributed by atoms with Gasteiger partial charge in [0.25, 0.3) is 0 Å². The van der Waals surface area contributed by atoms with Gasteiger partial charge < -0.3 is 5.11 Å². The first kappa shape index (κ1) is 17.5. The summed E-state index contributed by atoms with van der Waals surface area (Å²) >= 11 is 0. The fourth-order valence-electron chi connectivity index (χ4n) is 2.24. The minimum atomic E-state index is -3.85. The Hall–Kier alpha value is -1.83. The predicted octanol–water partition coefficient (Wildman–Crippen LogP) is 2.63. The minimum Gasteiger partial charge on any atom is -0.387 e. The van der Waals surface area contributed by atoms with E-state index < -0.39 is 27.8 Å². The molecule has 0 saturated carbocycles. The van der Waals surface area contributed by atoms with E-state index in [1.807, 2.05) is 0 Å². The highest BCUT2D eigenvalue weighted by molar-refractivity contribution is 7.89. The van der Waals surface area contributed by atoms with Gasteiger partial charge in [0, 0.05) is 13.6 Å². The van der Waals surface area contributed by atoms with Crippen molar-refractivity contribution in [2.45, 2.75) is 17.9 Å². The van der Waals surface area contributed by atoms with Gasteiger partial charge in [-0.1, -0.05) is 6.07 Å². The minimum absolute atomic E-state index is 0.0653. The van der Waals surface area contributed by atoms with Gasteiger partial charge in [-0.3, -0.25) is 0 Å². The van der Waals surface area contributed by atoms with Crippen LogP contribution in [-0.4, -0.2) is 31.4 Å².